The van der Waals surface area contributed by atoms with Crippen LogP contribution in [0, 0.1) is 0 Å². The molecule has 6 nitrogen and oxygen atoms in total. The number of hydrogen-bond donors (Lipinski definition) is 2. The van der Waals surface area contributed by atoms with Gasteiger partial charge >= 0.3 is 5.97 Å². The van der Waals surface area contributed by atoms with Crippen molar-refractivity contribution in [1.29, 1.82) is 0 Å². The van der Waals surface area contributed by atoms with Gasteiger partial charge < -0.3 is 15.2 Å². The Labute approximate surface area is 98.6 Å². The molecular formula is C11H14N2O4. The van der Waals surface area contributed by atoms with Crippen LogP contribution in [0.5, 0.6) is 0 Å². The van der Waals surface area contributed by atoms with Crippen molar-refractivity contribution in [2.75, 3.05) is 13.2 Å². The Kier molecular flexibility index (Phi) is 5.09. The van der Waals surface area contributed by atoms with Crippen molar-refractivity contribution in [3.63, 3.8) is 0 Å². The molecule has 0 saturated heterocycles. The Hall–Kier alpha value is -1.95. The average molecular weight is 238 g/mol. The van der Waals surface area contributed by atoms with Crippen LogP contribution in [0.3, 0.4) is 0 Å². The van der Waals surface area contributed by atoms with E-state index < -0.39 is 24.5 Å². The first-order valence-electron chi connectivity index (χ1n) is 5.17. The number of carbonyl (C=O) groups excluding carboxylic acids is 2. The number of carbonyl (C=O) groups is 2. The predicted molar refractivity (Wildman–Crippen MR) is 59.2 cm³/mol. The van der Waals surface area contributed by atoms with E-state index in [1.807, 2.05) is 0 Å². The first-order valence-corrected chi connectivity index (χ1v) is 5.17. The van der Waals surface area contributed by atoms with E-state index >= 15 is 0 Å². The SMILES string of the molecule is CCOC(=O)C(CO)NC(=O)c1ccncc1. The van der Waals surface area contributed by atoms with Crippen molar-refractivity contribution in [1.82, 2.24) is 10.3 Å². The summed E-state index contributed by atoms with van der Waals surface area (Å²) in [6.45, 7) is 1.34. The molecule has 92 valence electrons. The Morgan fingerprint density at radius 3 is 2.65 bits per heavy atom. The van der Waals surface area contributed by atoms with E-state index in [4.69, 9.17) is 9.84 Å². The van der Waals surface area contributed by atoms with Crippen LogP contribution in [-0.4, -0.2) is 41.2 Å². The Balaban J connectivity index is 2.63. The van der Waals surface area contributed by atoms with Gasteiger partial charge in [-0.3, -0.25) is 9.78 Å². The lowest BCUT2D eigenvalue weighted by atomic mass is 10.2. The fourth-order valence-corrected chi connectivity index (χ4v) is 1.17. The standard InChI is InChI=1S/C11H14N2O4/c1-2-17-11(16)9(7-14)13-10(15)8-3-5-12-6-4-8/h3-6,9,14H,2,7H2,1H3,(H,13,15). The van der Waals surface area contributed by atoms with Gasteiger partial charge in [0, 0.05) is 18.0 Å². The molecule has 1 amide bonds. The maximum absolute atomic E-state index is 11.7. The minimum Gasteiger partial charge on any atom is -0.464 e. The molecular weight excluding hydrogens is 224 g/mol. The van der Waals surface area contributed by atoms with Crippen molar-refractivity contribution in [2.24, 2.45) is 0 Å². The smallest absolute Gasteiger partial charge is 0.331 e. The summed E-state index contributed by atoms with van der Waals surface area (Å²) in [5.41, 5.74) is 0.364. The van der Waals surface area contributed by atoms with E-state index in [0.29, 0.717) is 5.56 Å². The molecule has 0 aliphatic carbocycles. The lowest BCUT2D eigenvalue weighted by Gasteiger charge is -2.14. The molecule has 0 spiro atoms. The van der Waals surface area contributed by atoms with Crippen LogP contribution >= 0.6 is 0 Å². The zero-order valence-corrected chi connectivity index (χ0v) is 9.42. The second kappa shape index (κ2) is 6.59. The summed E-state index contributed by atoms with van der Waals surface area (Å²) in [5.74, 6) is -1.11. The van der Waals surface area contributed by atoms with E-state index in [2.05, 4.69) is 10.3 Å². The second-order valence-corrected chi connectivity index (χ2v) is 3.20. The highest BCUT2D eigenvalue weighted by atomic mass is 16.5. The molecule has 1 heterocycles. The predicted octanol–water partition coefficient (Wildman–Crippen LogP) is -0.265. The number of pyridine rings is 1. The number of aromatic nitrogens is 1. The monoisotopic (exact) mass is 238 g/mol. The summed E-state index contributed by atoms with van der Waals surface area (Å²) in [4.78, 5) is 26.8. The molecule has 0 aliphatic heterocycles. The quantitative estimate of drug-likeness (QED) is 0.690. The number of aliphatic hydroxyl groups is 1. The minimum atomic E-state index is -1.05. The lowest BCUT2D eigenvalue weighted by Crippen LogP contribution is -2.44. The molecule has 1 rings (SSSR count). The van der Waals surface area contributed by atoms with E-state index in [0.717, 1.165) is 0 Å². The van der Waals surface area contributed by atoms with Gasteiger partial charge in [0.1, 0.15) is 0 Å². The molecule has 0 radical (unpaired) electrons. The normalized spacial score (nSPS) is 11.6. The number of amides is 1. The van der Waals surface area contributed by atoms with Crippen LogP contribution in [0.15, 0.2) is 24.5 Å². The van der Waals surface area contributed by atoms with Crippen molar-refractivity contribution >= 4 is 11.9 Å². The zero-order chi connectivity index (χ0) is 12.7. The van der Waals surface area contributed by atoms with Crippen molar-refractivity contribution < 1.29 is 19.4 Å². The average Bonchev–Trinajstić information content (AvgIpc) is 2.37. The van der Waals surface area contributed by atoms with E-state index in [-0.39, 0.29) is 6.61 Å². The molecule has 1 aromatic heterocycles. The first-order chi connectivity index (χ1) is 8.19. The molecule has 2 N–H and O–H groups in total. The maximum Gasteiger partial charge on any atom is 0.331 e. The fraction of sp³-hybridized carbons (Fsp3) is 0.364. The van der Waals surface area contributed by atoms with Crippen LogP contribution in [0.2, 0.25) is 0 Å². The molecule has 6 heteroatoms. The number of nitrogens with zero attached hydrogens (tertiary/aromatic N) is 1. The highest BCUT2D eigenvalue weighted by Gasteiger charge is 2.21. The summed E-state index contributed by atoms with van der Waals surface area (Å²) in [6.07, 6.45) is 2.93. The minimum absolute atomic E-state index is 0.195. The molecule has 0 fully saturated rings. The highest BCUT2D eigenvalue weighted by molar-refractivity contribution is 5.96. The number of hydrogen-bond acceptors (Lipinski definition) is 5. The summed E-state index contributed by atoms with van der Waals surface area (Å²) in [6, 6.07) is 1.97. The van der Waals surface area contributed by atoms with Crippen LogP contribution < -0.4 is 5.32 Å². The molecule has 0 bridgehead atoms. The first kappa shape index (κ1) is 13.1. The number of aliphatic hydroxyl groups excluding tert-OH is 1. The van der Waals surface area contributed by atoms with Crippen molar-refractivity contribution in [2.45, 2.75) is 13.0 Å². The van der Waals surface area contributed by atoms with Crippen LogP contribution in [0.4, 0.5) is 0 Å². The maximum atomic E-state index is 11.7. The molecule has 0 aromatic carbocycles. The highest BCUT2D eigenvalue weighted by Crippen LogP contribution is 1.98. The number of rotatable bonds is 5. The Morgan fingerprint density at radius 1 is 1.47 bits per heavy atom. The van der Waals surface area contributed by atoms with Crippen LogP contribution in [-0.2, 0) is 9.53 Å². The van der Waals surface area contributed by atoms with Gasteiger partial charge in [0.15, 0.2) is 6.04 Å². The number of ether oxygens (including phenoxy) is 1. The summed E-state index contributed by atoms with van der Waals surface area (Å²) in [5, 5.41) is 11.4. The van der Waals surface area contributed by atoms with E-state index in [1.165, 1.54) is 24.5 Å². The largest absolute Gasteiger partial charge is 0.464 e. The van der Waals surface area contributed by atoms with Gasteiger partial charge in [-0.2, -0.15) is 0 Å². The summed E-state index contributed by atoms with van der Waals surface area (Å²) in [7, 11) is 0. The van der Waals surface area contributed by atoms with Crippen molar-refractivity contribution in [3.05, 3.63) is 30.1 Å². The van der Waals surface area contributed by atoms with Gasteiger partial charge in [0.05, 0.1) is 13.2 Å². The lowest BCUT2D eigenvalue weighted by molar-refractivity contribution is -0.146. The van der Waals surface area contributed by atoms with Crippen LogP contribution in [0.25, 0.3) is 0 Å². The molecule has 1 unspecified atom stereocenters. The number of nitrogens with one attached hydrogen (secondary N) is 1. The molecule has 1 aromatic rings. The molecule has 17 heavy (non-hydrogen) atoms. The molecule has 0 saturated carbocycles. The fourth-order valence-electron chi connectivity index (χ4n) is 1.17. The summed E-state index contributed by atoms with van der Waals surface area (Å²) >= 11 is 0. The van der Waals surface area contributed by atoms with Crippen LogP contribution in [0.1, 0.15) is 17.3 Å². The summed E-state index contributed by atoms with van der Waals surface area (Å²) < 4.78 is 4.71. The van der Waals surface area contributed by atoms with Gasteiger partial charge in [-0.25, -0.2) is 4.79 Å². The molecule has 1 atom stereocenters. The molecule has 0 aliphatic rings. The van der Waals surface area contributed by atoms with Gasteiger partial charge in [0.25, 0.3) is 5.91 Å². The Bertz CT molecular complexity index is 380. The van der Waals surface area contributed by atoms with E-state index in [9.17, 15) is 9.59 Å². The topological polar surface area (TPSA) is 88.5 Å². The number of esters is 1. The van der Waals surface area contributed by atoms with E-state index in [1.54, 1.807) is 6.92 Å². The van der Waals surface area contributed by atoms with Gasteiger partial charge in [-0.1, -0.05) is 0 Å². The third-order valence-electron chi connectivity index (χ3n) is 2.00. The Morgan fingerprint density at radius 2 is 2.12 bits per heavy atom. The third-order valence-corrected chi connectivity index (χ3v) is 2.00. The van der Waals surface area contributed by atoms with Gasteiger partial charge in [-0.05, 0) is 19.1 Å². The second-order valence-electron chi connectivity index (χ2n) is 3.20. The van der Waals surface area contributed by atoms with Gasteiger partial charge in [-0.15, -0.1) is 0 Å². The van der Waals surface area contributed by atoms with Gasteiger partial charge in [0.2, 0.25) is 0 Å². The third kappa shape index (κ3) is 3.84. The van der Waals surface area contributed by atoms with Crippen molar-refractivity contribution in [3.8, 4) is 0 Å². The zero-order valence-electron chi connectivity index (χ0n) is 9.42.